The maximum atomic E-state index is 12.4. The quantitative estimate of drug-likeness (QED) is 0.552. The van der Waals surface area contributed by atoms with Crippen LogP contribution >= 0.6 is 0 Å². The van der Waals surface area contributed by atoms with Crippen LogP contribution in [-0.2, 0) is 11.3 Å². The minimum absolute atomic E-state index is 0.138. The number of rotatable bonds is 6. The molecule has 5 N–H and O–H groups in total. The Morgan fingerprint density at radius 2 is 1.88 bits per heavy atom. The molecule has 0 aliphatic heterocycles. The molecule has 1 atom stereocenters. The third-order valence-corrected chi connectivity index (χ3v) is 5.83. The highest BCUT2D eigenvalue weighted by molar-refractivity contribution is 6.03. The lowest BCUT2D eigenvalue weighted by molar-refractivity contribution is -0.117. The van der Waals surface area contributed by atoms with Crippen molar-refractivity contribution in [2.75, 3.05) is 5.73 Å². The van der Waals surface area contributed by atoms with Gasteiger partial charge in [-0.05, 0) is 30.5 Å². The lowest BCUT2D eigenvalue weighted by atomic mass is 10.0. The second-order valence-electron chi connectivity index (χ2n) is 8.05. The molecule has 0 saturated heterocycles. The first-order valence-corrected chi connectivity index (χ1v) is 10.5. The first-order valence-electron chi connectivity index (χ1n) is 10.5. The van der Waals surface area contributed by atoms with Crippen LogP contribution < -0.4 is 16.8 Å². The standard InChI is InChI=1S/C24H25N5O3/c1-14-4-2-3-5-19(14)24(32)27-13-15-6-8-16(9-7-15)21-20(23(26)31)22(25)29(28-21)17-10-11-18(30)12-17/h2-9,17H,10-13,25H2,1H3,(H2,26,31)(H,27,32). The number of nitrogens with zero attached hydrogens (tertiary/aromatic N) is 2. The lowest BCUT2D eigenvalue weighted by Gasteiger charge is -2.10. The van der Waals surface area contributed by atoms with E-state index in [4.69, 9.17) is 11.5 Å². The van der Waals surface area contributed by atoms with Crippen LogP contribution in [0.25, 0.3) is 11.3 Å². The molecule has 4 rings (SSSR count). The smallest absolute Gasteiger partial charge is 0.254 e. The zero-order valence-corrected chi connectivity index (χ0v) is 17.8. The van der Waals surface area contributed by atoms with Crippen molar-refractivity contribution in [1.29, 1.82) is 0 Å². The number of hydrogen-bond donors (Lipinski definition) is 3. The monoisotopic (exact) mass is 431 g/mol. The average Bonchev–Trinajstić information content (AvgIpc) is 3.35. The predicted octanol–water partition coefficient (Wildman–Crippen LogP) is 2.76. The number of benzene rings is 2. The van der Waals surface area contributed by atoms with E-state index in [9.17, 15) is 14.4 Å². The molecule has 3 aromatic rings. The van der Waals surface area contributed by atoms with Gasteiger partial charge in [-0.1, -0.05) is 42.5 Å². The van der Waals surface area contributed by atoms with Crippen molar-refractivity contribution >= 4 is 23.4 Å². The summed E-state index contributed by atoms with van der Waals surface area (Å²) in [4.78, 5) is 36.2. The number of aromatic nitrogens is 2. The van der Waals surface area contributed by atoms with Crippen LogP contribution in [0.1, 0.15) is 57.1 Å². The van der Waals surface area contributed by atoms with E-state index in [1.165, 1.54) is 0 Å². The molecule has 1 saturated carbocycles. The number of ketones is 1. The third kappa shape index (κ3) is 4.12. The van der Waals surface area contributed by atoms with E-state index in [-0.39, 0.29) is 29.1 Å². The summed E-state index contributed by atoms with van der Waals surface area (Å²) >= 11 is 0. The van der Waals surface area contributed by atoms with Gasteiger partial charge >= 0.3 is 0 Å². The first kappa shape index (κ1) is 21.3. The van der Waals surface area contributed by atoms with E-state index in [0.29, 0.717) is 42.6 Å². The summed E-state index contributed by atoms with van der Waals surface area (Å²) in [5, 5.41) is 7.45. The van der Waals surface area contributed by atoms with Gasteiger partial charge in [0.15, 0.2) is 0 Å². The number of primary amides is 1. The van der Waals surface area contributed by atoms with Crippen molar-refractivity contribution in [3.05, 3.63) is 70.8 Å². The molecule has 8 heteroatoms. The van der Waals surface area contributed by atoms with Crippen LogP contribution in [0.4, 0.5) is 5.82 Å². The fourth-order valence-corrected chi connectivity index (χ4v) is 4.06. The number of nitrogens with two attached hydrogens (primary N) is 2. The normalized spacial score (nSPS) is 15.7. The molecule has 32 heavy (non-hydrogen) atoms. The van der Waals surface area contributed by atoms with Crippen LogP contribution in [0.2, 0.25) is 0 Å². The molecule has 1 aliphatic rings. The molecule has 1 aromatic heterocycles. The summed E-state index contributed by atoms with van der Waals surface area (Å²) in [6.07, 6.45) is 1.47. The largest absolute Gasteiger partial charge is 0.383 e. The zero-order valence-electron chi connectivity index (χ0n) is 17.8. The van der Waals surface area contributed by atoms with E-state index < -0.39 is 5.91 Å². The van der Waals surface area contributed by atoms with Gasteiger partial charge in [0.2, 0.25) is 0 Å². The Morgan fingerprint density at radius 1 is 1.16 bits per heavy atom. The Kier molecular flexibility index (Phi) is 5.77. The Labute approximate surface area is 185 Å². The number of Topliss-reactive ketones (excluding diaryl/α,β-unsaturated/α-hetero) is 1. The molecular formula is C24H25N5O3. The number of hydrogen-bond acceptors (Lipinski definition) is 5. The molecule has 1 heterocycles. The van der Waals surface area contributed by atoms with E-state index in [0.717, 1.165) is 11.1 Å². The highest BCUT2D eigenvalue weighted by Crippen LogP contribution is 2.34. The van der Waals surface area contributed by atoms with Gasteiger partial charge in [0.1, 0.15) is 22.9 Å². The second-order valence-corrected chi connectivity index (χ2v) is 8.05. The number of carbonyl (C=O) groups is 3. The number of nitrogens with one attached hydrogen (secondary N) is 1. The third-order valence-electron chi connectivity index (χ3n) is 5.83. The van der Waals surface area contributed by atoms with Gasteiger partial charge < -0.3 is 16.8 Å². The molecule has 8 nitrogen and oxygen atoms in total. The Morgan fingerprint density at radius 3 is 2.50 bits per heavy atom. The lowest BCUT2D eigenvalue weighted by Crippen LogP contribution is -2.23. The zero-order chi connectivity index (χ0) is 22.8. The van der Waals surface area contributed by atoms with Crippen molar-refractivity contribution in [2.24, 2.45) is 5.73 Å². The Bertz CT molecular complexity index is 1200. The SMILES string of the molecule is Cc1ccccc1C(=O)NCc1ccc(-c2nn(C3CCC(=O)C3)c(N)c2C(N)=O)cc1. The van der Waals surface area contributed by atoms with Gasteiger partial charge in [0.05, 0.1) is 6.04 Å². The molecule has 2 amide bonds. The summed E-state index contributed by atoms with van der Waals surface area (Å²) in [5.41, 5.74) is 15.5. The highest BCUT2D eigenvalue weighted by atomic mass is 16.2. The fourth-order valence-electron chi connectivity index (χ4n) is 4.06. The molecule has 164 valence electrons. The highest BCUT2D eigenvalue weighted by Gasteiger charge is 2.30. The van der Waals surface area contributed by atoms with Gasteiger partial charge in [-0.3, -0.25) is 14.4 Å². The summed E-state index contributed by atoms with van der Waals surface area (Å²) in [7, 11) is 0. The number of aryl methyl sites for hydroxylation is 1. The second kappa shape index (κ2) is 8.66. The predicted molar refractivity (Wildman–Crippen MR) is 121 cm³/mol. The van der Waals surface area contributed by atoms with Gasteiger partial charge in [-0.2, -0.15) is 5.10 Å². The van der Waals surface area contributed by atoms with Crippen molar-refractivity contribution < 1.29 is 14.4 Å². The van der Waals surface area contributed by atoms with Gasteiger partial charge in [-0.15, -0.1) is 0 Å². The van der Waals surface area contributed by atoms with Crippen LogP contribution in [0.5, 0.6) is 0 Å². The topological polar surface area (TPSA) is 133 Å². The van der Waals surface area contributed by atoms with E-state index in [1.807, 2.05) is 49.4 Å². The summed E-state index contributed by atoms with van der Waals surface area (Å²) in [6.45, 7) is 2.25. The number of amides is 2. The van der Waals surface area contributed by atoms with E-state index in [2.05, 4.69) is 10.4 Å². The summed E-state index contributed by atoms with van der Waals surface area (Å²) < 4.78 is 1.55. The minimum Gasteiger partial charge on any atom is -0.383 e. The van der Waals surface area contributed by atoms with Crippen LogP contribution in [0.15, 0.2) is 48.5 Å². The first-order chi connectivity index (χ1) is 15.3. The van der Waals surface area contributed by atoms with E-state index in [1.54, 1.807) is 10.7 Å². The summed E-state index contributed by atoms with van der Waals surface area (Å²) in [6, 6.07) is 14.6. The van der Waals surface area contributed by atoms with Crippen LogP contribution in [0.3, 0.4) is 0 Å². The van der Waals surface area contributed by atoms with Crippen molar-refractivity contribution in [1.82, 2.24) is 15.1 Å². The number of anilines is 1. The maximum absolute atomic E-state index is 12.4. The van der Waals surface area contributed by atoms with Crippen molar-refractivity contribution in [2.45, 2.75) is 38.8 Å². The fraction of sp³-hybridized carbons (Fsp3) is 0.250. The Balaban J connectivity index is 1.54. The number of nitrogen functional groups attached to an aromatic ring is 1. The molecule has 1 fully saturated rings. The molecule has 0 spiro atoms. The molecule has 1 unspecified atom stereocenters. The van der Waals surface area contributed by atoms with Crippen LogP contribution in [0, 0.1) is 6.92 Å². The van der Waals surface area contributed by atoms with Gasteiger partial charge in [0.25, 0.3) is 11.8 Å². The van der Waals surface area contributed by atoms with Crippen LogP contribution in [-0.4, -0.2) is 27.4 Å². The molecule has 2 aromatic carbocycles. The minimum atomic E-state index is -0.664. The molecule has 1 aliphatic carbocycles. The number of carbonyl (C=O) groups excluding carboxylic acids is 3. The van der Waals surface area contributed by atoms with E-state index >= 15 is 0 Å². The maximum Gasteiger partial charge on any atom is 0.254 e. The molecule has 0 radical (unpaired) electrons. The summed E-state index contributed by atoms with van der Waals surface area (Å²) in [5.74, 6) is -0.464. The van der Waals surface area contributed by atoms with Gasteiger partial charge in [-0.25, -0.2) is 4.68 Å². The van der Waals surface area contributed by atoms with Crippen molar-refractivity contribution in [3.8, 4) is 11.3 Å². The Hall–Kier alpha value is -3.94. The average molecular weight is 431 g/mol. The molecular weight excluding hydrogens is 406 g/mol. The van der Waals surface area contributed by atoms with Gasteiger partial charge in [0, 0.05) is 30.5 Å². The van der Waals surface area contributed by atoms with Crippen molar-refractivity contribution in [3.63, 3.8) is 0 Å². The molecule has 0 bridgehead atoms.